The molecule has 1 aromatic carbocycles. The maximum Gasteiger partial charge on any atom is 0.260 e. The van der Waals surface area contributed by atoms with Gasteiger partial charge in [0.1, 0.15) is 11.5 Å². The second-order valence-corrected chi connectivity index (χ2v) is 5.76. The number of nitrogens with two attached hydrogens (primary N) is 1. The molecule has 7 heteroatoms. The molecular formula is C18H19N3O4. The molecule has 130 valence electrons. The van der Waals surface area contributed by atoms with E-state index in [9.17, 15) is 9.59 Å². The van der Waals surface area contributed by atoms with Crippen LogP contribution in [0.15, 0.2) is 48.7 Å². The van der Waals surface area contributed by atoms with Gasteiger partial charge in [0.25, 0.3) is 5.91 Å². The number of aromatic nitrogens is 1. The smallest absolute Gasteiger partial charge is 0.260 e. The largest absolute Gasteiger partial charge is 0.484 e. The number of primary amides is 1. The fraction of sp³-hybridized carbons (Fsp3) is 0.278. The molecule has 1 fully saturated rings. The van der Waals surface area contributed by atoms with Crippen LogP contribution in [0.4, 0.5) is 0 Å². The third kappa shape index (κ3) is 4.47. The fourth-order valence-corrected chi connectivity index (χ4v) is 2.61. The Balaban J connectivity index is 1.54. The van der Waals surface area contributed by atoms with Crippen molar-refractivity contribution in [3.8, 4) is 17.4 Å². The zero-order valence-electron chi connectivity index (χ0n) is 13.6. The monoisotopic (exact) mass is 341 g/mol. The number of pyridine rings is 1. The first-order valence-electron chi connectivity index (χ1n) is 8.00. The highest BCUT2D eigenvalue weighted by molar-refractivity contribution is 5.81. The van der Waals surface area contributed by atoms with Crippen LogP contribution in [0.1, 0.15) is 6.42 Å². The van der Waals surface area contributed by atoms with E-state index in [2.05, 4.69) is 4.98 Å². The quantitative estimate of drug-likeness (QED) is 0.861. The SMILES string of the molecule is NC(=O)[C@H]1CCN(C(=O)COc2cccc(Oc3ccccn3)c2)C1. The first-order valence-corrected chi connectivity index (χ1v) is 8.00. The van der Waals surface area contributed by atoms with Gasteiger partial charge in [0, 0.05) is 31.4 Å². The highest BCUT2D eigenvalue weighted by Crippen LogP contribution is 2.24. The molecule has 3 rings (SSSR count). The van der Waals surface area contributed by atoms with Gasteiger partial charge in [-0.1, -0.05) is 12.1 Å². The molecule has 1 saturated heterocycles. The highest BCUT2D eigenvalue weighted by atomic mass is 16.5. The fourth-order valence-electron chi connectivity index (χ4n) is 2.61. The molecule has 0 aliphatic carbocycles. The van der Waals surface area contributed by atoms with Crippen molar-refractivity contribution in [1.82, 2.24) is 9.88 Å². The number of benzene rings is 1. The predicted molar refractivity (Wildman–Crippen MR) is 90.1 cm³/mol. The van der Waals surface area contributed by atoms with Crippen molar-refractivity contribution in [2.75, 3.05) is 19.7 Å². The Kier molecular flexibility index (Phi) is 5.13. The minimum atomic E-state index is -0.365. The molecule has 25 heavy (non-hydrogen) atoms. The van der Waals surface area contributed by atoms with Crippen LogP contribution in [0.25, 0.3) is 0 Å². The van der Waals surface area contributed by atoms with Crippen LogP contribution in [0, 0.1) is 5.92 Å². The highest BCUT2D eigenvalue weighted by Gasteiger charge is 2.29. The summed E-state index contributed by atoms with van der Waals surface area (Å²) in [5.41, 5.74) is 5.28. The number of carbonyl (C=O) groups is 2. The Morgan fingerprint density at radius 1 is 1.20 bits per heavy atom. The van der Waals surface area contributed by atoms with Crippen molar-refractivity contribution < 1.29 is 19.1 Å². The molecule has 1 aromatic heterocycles. The molecular weight excluding hydrogens is 322 g/mol. The van der Waals surface area contributed by atoms with Gasteiger partial charge in [-0.2, -0.15) is 0 Å². The molecule has 0 spiro atoms. The van der Waals surface area contributed by atoms with E-state index in [1.54, 1.807) is 47.5 Å². The average Bonchev–Trinajstić information content (AvgIpc) is 3.11. The molecule has 7 nitrogen and oxygen atoms in total. The minimum absolute atomic E-state index is 0.0987. The van der Waals surface area contributed by atoms with Crippen LogP contribution in [0.3, 0.4) is 0 Å². The maximum atomic E-state index is 12.2. The van der Waals surface area contributed by atoms with Crippen molar-refractivity contribution in [2.45, 2.75) is 6.42 Å². The lowest BCUT2D eigenvalue weighted by Crippen LogP contribution is -2.34. The number of hydrogen-bond acceptors (Lipinski definition) is 5. The Bertz CT molecular complexity index is 751. The van der Waals surface area contributed by atoms with Crippen LogP contribution in [0.5, 0.6) is 17.4 Å². The number of nitrogens with zero attached hydrogens (tertiary/aromatic N) is 2. The summed E-state index contributed by atoms with van der Waals surface area (Å²) in [4.78, 5) is 29.0. The van der Waals surface area contributed by atoms with E-state index in [0.717, 1.165) is 0 Å². The molecule has 1 aliphatic heterocycles. The van der Waals surface area contributed by atoms with Gasteiger partial charge in [-0.25, -0.2) is 4.98 Å². The van der Waals surface area contributed by atoms with Crippen molar-refractivity contribution in [1.29, 1.82) is 0 Å². The van der Waals surface area contributed by atoms with E-state index in [1.165, 1.54) is 0 Å². The van der Waals surface area contributed by atoms with Gasteiger partial charge < -0.3 is 20.1 Å². The third-order valence-corrected chi connectivity index (χ3v) is 3.97. The van der Waals surface area contributed by atoms with E-state index in [1.807, 2.05) is 6.07 Å². The van der Waals surface area contributed by atoms with E-state index in [4.69, 9.17) is 15.2 Å². The van der Waals surface area contributed by atoms with Crippen molar-refractivity contribution >= 4 is 11.8 Å². The summed E-state index contributed by atoms with van der Waals surface area (Å²) >= 11 is 0. The number of amides is 2. The molecule has 0 unspecified atom stereocenters. The van der Waals surface area contributed by atoms with Gasteiger partial charge in [0.2, 0.25) is 11.8 Å². The number of hydrogen-bond donors (Lipinski definition) is 1. The number of rotatable bonds is 6. The van der Waals surface area contributed by atoms with Crippen LogP contribution < -0.4 is 15.2 Å². The first kappa shape index (κ1) is 16.8. The minimum Gasteiger partial charge on any atom is -0.484 e. The Labute approximate surface area is 145 Å². The zero-order valence-corrected chi connectivity index (χ0v) is 13.6. The van der Waals surface area contributed by atoms with E-state index >= 15 is 0 Å². The van der Waals surface area contributed by atoms with Gasteiger partial charge in [0.15, 0.2) is 6.61 Å². The van der Waals surface area contributed by atoms with Crippen molar-refractivity contribution in [3.63, 3.8) is 0 Å². The lowest BCUT2D eigenvalue weighted by Gasteiger charge is -2.16. The Morgan fingerprint density at radius 3 is 2.76 bits per heavy atom. The zero-order chi connectivity index (χ0) is 17.6. The molecule has 0 bridgehead atoms. The average molecular weight is 341 g/mol. The molecule has 2 heterocycles. The third-order valence-electron chi connectivity index (χ3n) is 3.97. The topological polar surface area (TPSA) is 94.8 Å². The van der Waals surface area contributed by atoms with Crippen molar-refractivity contribution in [2.24, 2.45) is 11.7 Å². The second-order valence-electron chi connectivity index (χ2n) is 5.76. The molecule has 2 amide bonds. The van der Waals surface area contributed by atoms with Gasteiger partial charge in [-0.05, 0) is 24.6 Å². The molecule has 0 saturated carbocycles. The van der Waals surface area contributed by atoms with Crippen LogP contribution in [-0.2, 0) is 9.59 Å². The number of likely N-dealkylation sites (tertiary alicyclic amines) is 1. The number of carbonyl (C=O) groups excluding carboxylic acids is 2. The predicted octanol–water partition coefficient (Wildman–Crippen LogP) is 1.59. The molecule has 2 N–H and O–H groups in total. The first-order chi connectivity index (χ1) is 12.1. The molecule has 1 aliphatic rings. The molecule has 0 radical (unpaired) electrons. The van der Waals surface area contributed by atoms with Gasteiger partial charge >= 0.3 is 0 Å². The Hall–Kier alpha value is -3.09. The summed E-state index contributed by atoms with van der Waals surface area (Å²) < 4.78 is 11.2. The number of ether oxygens (including phenoxy) is 2. The Morgan fingerprint density at radius 2 is 2.04 bits per heavy atom. The normalized spacial score (nSPS) is 16.5. The van der Waals surface area contributed by atoms with Crippen LogP contribution in [0.2, 0.25) is 0 Å². The van der Waals surface area contributed by atoms with Gasteiger partial charge in [-0.3, -0.25) is 9.59 Å². The summed E-state index contributed by atoms with van der Waals surface area (Å²) in [6.45, 7) is 0.789. The standard InChI is InChI=1S/C18H19N3O4/c19-18(23)13-7-9-21(11-13)17(22)12-24-14-4-3-5-15(10-14)25-16-6-1-2-8-20-16/h1-6,8,10,13H,7,9,11-12H2,(H2,19,23)/t13-/m0/s1. The second kappa shape index (κ2) is 7.65. The lowest BCUT2D eigenvalue weighted by molar-refractivity contribution is -0.132. The van der Waals surface area contributed by atoms with E-state index in [-0.39, 0.29) is 24.3 Å². The van der Waals surface area contributed by atoms with Gasteiger partial charge in [0.05, 0.1) is 5.92 Å². The van der Waals surface area contributed by atoms with Crippen molar-refractivity contribution in [3.05, 3.63) is 48.7 Å². The molecule has 1 atom stereocenters. The van der Waals surface area contributed by atoms with Crippen LogP contribution in [-0.4, -0.2) is 41.4 Å². The summed E-state index contributed by atoms with van der Waals surface area (Å²) in [5.74, 6) is 0.769. The van der Waals surface area contributed by atoms with E-state index < -0.39 is 0 Å². The summed E-state index contributed by atoms with van der Waals surface area (Å²) in [5, 5.41) is 0. The maximum absolute atomic E-state index is 12.2. The van der Waals surface area contributed by atoms with Crippen LogP contribution >= 0.6 is 0 Å². The lowest BCUT2D eigenvalue weighted by atomic mass is 10.1. The summed E-state index contributed by atoms with van der Waals surface area (Å²) in [6, 6.07) is 12.4. The van der Waals surface area contributed by atoms with E-state index in [0.29, 0.717) is 36.9 Å². The summed E-state index contributed by atoms with van der Waals surface area (Å²) in [7, 11) is 0. The summed E-state index contributed by atoms with van der Waals surface area (Å²) in [6.07, 6.45) is 2.25. The molecule has 2 aromatic rings. The van der Waals surface area contributed by atoms with Gasteiger partial charge in [-0.15, -0.1) is 0 Å².